The van der Waals surface area contributed by atoms with Crippen LogP contribution in [0.25, 0.3) is 0 Å². The van der Waals surface area contributed by atoms with Crippen molar-refractivity contribution in [1.29, 1.82) is 0 Å². The van der Waals surface area contributed by atoms with Gasteiger partial charge in [0.1, 0.15) is 0 Å². The summed E-state index contributed by atoms with van der Waals surface area (Å²) in [4.78, 5) is 0. The second kappa shape index (κ2) is 5.91. The van der Waals surface area contributed by atoms with Gasteiger partial charge in [0.15, 0.2) is 0 Å². The number of nitrogens with zero attached hydrogens (tertiary/aromatic N) is 1. The van der Waals surface area contributed by atoms with E-state index in [0.717, 1.165) is 22.9 Å². The zero-order valence-electron chi connectivity index (χ0n) is 11.1. The molecule has 1 aromatic rings. The number of benzene rings is 1. The van der Waals surface area contributed by atoms with Crippen LogP contribution < -0.4 is 4.72 Å². The molecule has 0 heterocycles. The van der Waals surface area contributed by atoms with Crippen molar-refractivity contribution in [2.75, 3.05) is 14.1 Å². The van der Waals surface area contributed by atoms with E-state index in [1.807, 2.05) is 24.3 Å². The summed E-state index contributed by atoms with van der Waals surface area (Å²) in [5.41, 5.74) is 1.03. The van der Waals surface area contributed by atoms with E-state index in [9.17, 15) is 8.42 Å². The van der Waals surface area contributed by atoms with Crippen molar-refractivity contribution in [2.24, 2.45) is 5.92 Å². The van der Waals surface area contributed by atoms with Crippen LogP contribution in [0.2, 0.25) is 0 Å². The molecule has 0 aliphatic heterocycles. The summed E-state index contributed by atoms with van der Waals surface area (Å²) < 4.78 is 29.1. The van der Waals surface area contributed by atoms with Crippen LogP contribution in [0.3, 0.4) is 0 Å². The molecule has 1 atom stereocenters. The second-order valence-corrected chi connectivity index (χ2v) is 7.96. The van der Waals surface area contributed by atoms with Gasteiger partial charge in [-0.1, -0.05) is 34.5 Å². The Morgan fingerprint density at radius 1 is 1.26 bits per heavy atom. The first-order valence-corrected chi connectivity index (χ1v) is 8.59. The highest BCUT2D eigenvalue weighted by molar-refractivity contribution is 9.10. The largest absolute Gasteiger partial charge is 0.279 e. The molecule has 1 N–H and O–H groups in total. The average Bonchev–Trinajstić information content (AvgIpc) is 2.26. The molecule has 0 bridgehead atoms. The molecule has 2 rings (SSSR count). The van der Waals surface area contributed by atoms with Crippen LogP contribution in [0.1, 0.15) is 30.9 Å². The normalized spacial score (nSPS) is 18.3. The fraction of sp³-hybridized carbons (Fsp3) is 0.538. The minimum absolute atomic E-state index is 0.130. The van der Waals surface area contributed by atoms with Crippen LogP contribution in [-0.4, -0.2) is 26.8 Å². The molecule has 1 fully saturated rings. The Balaban J connectivity index is 2.24. The van der Waals surface area contributed by atoms with Crippen molar-refractivity contribution in [2.45, 2.75) is 25.3 Å². The topological polar surface area (TPSA) is 49.4 Å². The molecule has 1 unspecified atom stereocenters. The minimum atomic E-state index is -3.41. The summed E-state index contributed by atoms with van der Waals surface area (Å²) in [6.07, 6.45) is 3.34. The molecule has 0 amide bonds. The molecule has 1 aromatic carbocycles. The molecule has 4 nitrogen and oxygen atoms in total. The van der Waals surface area contributed by atoms with E-state index in [2.05, 4.69) is 20.7 Å². The standard InChI is InChI=1S/C13H19BrN2O2S/c1-16(2)19(17,18)15-13(10-4-3-5-10)11-6-8-12(14)9-7-11/h6-10,13,15H,3-5H2,1-2H3. The molecule has 1 aliphatic carbocycles. The Bertz CT molecular complexity index is 524. The predicted octanol–water partition coefficient (Wildman–Crippen LogP) is 2.69. The van der Waals surface area contributed by atoms with Gasteiger partial charge in [0.25, 0.3) is 10.2 Å². The molecular weight excluding hydrogens is 328 g/mol. The van der Waals surface area contributed by atoms with Crippen LogP contribution in [0.15, 0.2) is 28.7 Å². The lowest BCUT2D eigenvalue weighted by Gasteiger charge is -2.35. The zero-order chi connectivity index (χ0) is 14.0. The molecule has 6 heteroatoms. The summed E-state index contributed by atoms with van der Waals surface area (Å²) >= 11 is 3.40. The molecule has 1 saturated carbocycles. The van der Waals surface area contributed by atoms with E-state index in [0.29, 0.717) is 5.92 Å². The Morgan fingerprint density at radius 3 is 2.26 bits per heavy atom. The lowest BCUT2D eigenvalue weighted by molar-refractivity contribution is 0.249. The van der Waals surface area contributed by atoms with E-state index in [1.165, 1.54) is 10.7 Å². The maximum atomic E-state index is 12.0. The predicted molar refractivity (Wildman–Crippen MR) is 80.0 cm³/mol. The van der Waals surface area contributed by atoms with E-state index >= 15 is 0 Å². The summed E-state index contributed by atoms with van der Waals surface area (Å²) in [5.74, 6) is 0.399. The van der Waals surface area contributed by atoms with Crippen molar-refractivity contribution in [3.63, 3.8) is 0 Å². The van der Waals surface area contributed by atoms with Crippen LogP contribution in [-0.2, 0) is 10.2 Å². The lowest BCUT2D eigenvalue weighted by atomic mass is 9.77. The third-order valence-corrected chi connectivity index (χ3v) is 5.65. The number of hydrogen-bond donors (Lipinski definition) is 1. The Morgan fingerprint density at radius 2 is 1.84 bits per heavy atom. The quantitative estimate of drug-likeness (QED) is 0.890. The van der Waals surface area contributed by atoms with E-state index in [-0.39, 0.29) is 6.04 Å². The molecule has 19 heavy (non-hydrogen) atoms. The van der Waals surface area contributed by atoms with Gasteiger partial charge in [0, 0.05) is 18.6 Å². The van der Waals surface area contributed by atoms with Gasteiger partial charge in [0.2, 0.25) is 0 Å². The van der Waals surface area contributed by atoms with Gasteiger partial charge in [-0.25, -0.2) is 0 Å². The zero-order valence-corrected chi connectivity index (χ0v) is 13.5. The molecule has 106 valence electrons. The van der Waals surface area contributed by atoms with Gasteiger partial charge < -0.3 is 0 Å². The summed E-state index contributed by atoms with van der Waals surface area (Å²) in [5, 5.41) is 0. The Labute approximate surface area is 123 Å². The number of hydrogen-bond acceptors (Lipinski definition) is 2. The van der Waals surface area contributed by atoms with E-state index in [1.54, 1.807) is 14.1 Å². The molecule has 0 aromatic heterocycles. The van der Waals surface area contributed by atoms with Gasteiger partial charge in [-0.15, -0.1) is 0 Å². The van der Waals surface area contributed by atoms with Crippen molar-refractivity contribution in [3.8, 4) is 0 Å². The van der Waals surface area contributed by atoms with E-state index in [4.69, 9.17) is 0 Å². The van der Waals surface area contributed by atoms with Crippen LogP contribution in [0.4, 0.5) is 0 Å². The van der Waals surface area contributed by atoms with Crippen LogP contribution >= 0.6 is 15.9 Å². The first-order valence-electron chi connectivity index (χ1n) is 6.35. The van der Waals surface area contributed by atoms with Gasteiger partial charge in [-0.05, 0) is 36.5 Å². The summed E-state index contributed by atoms with van der Waals surface area (Å²) in [6.45, 7) is 0. The van der Waals surface area contributed by atoms with E-state index < -0.39 is 10.2 Å². The summed E-state index contributed by atoms with van der Waals surface area (Å²) in [7, 11) is -0.318. The van der Waals surface area contributed by atoms with Gasteiger partial charge in [-0.3, -0.25) is 0 Å². The van der Waals surface area contributed by atoms with Gasteiger partial charge in [0.05, 0.1) is 6.04 Å². The number of rotatable bonds is 5. The SMILES string of the molecule is CN(C)S(=O)(=O)NC(c1ccc(Br)cc1)C1CCC1. The molecule has 0 radical (unpaired) electrons. The molecule has 0 spiro atoms. The fourth-order valence-corrected chi connectivity index (χ4v) is 3.27. The van der Waals surface area contributed by atoms with Crippen molar-refractivity contribution in [3.05, 3.63) is 34.3 Å². The third-order valence-electron chi connectivity index (χ3n) is 3.61. The number of halogens is 1. The lowest BCUT2D eigenvalue weighted by Crippen LogP contribution is -2.42. The molecule has 1 aliphatic rings. The highest BCUT2D eigenvalue weighted by atomic mass is 79.9. The third kappa shape index (κ3) is 3.56. The highest BCUT2D eigenvalue weighted by Gasteiger charge is 2.32. The van der Waals surface area contributed by atoms with Crippen molar-refractivity contribution >= 4 is 26.1 Å². The fourth-order valence-electron chi connectivity index (χ4n) is 2.15. The first kappa shape index (κ1) is 15.0. The summed E-state index contributed by atoms with van der Waals surface area (Å²) in [6, 6.07) is 7.72. The van der Waals surface area contributed by atoms with Crippen LogP contribution in [0, 0.1) is 5.92 Å². The smallest absolute Gasteiger partial charge is 0.195 e. The van der Waals surface area contributed by atoms with Gasteiger partial charge in [-0.2, -0.15) is 17.4 Å². The Kier molecular flexibility index (Phi) is 4.66. The highest BCUT2D eigenvalue weighted by Crippen LogP contribution is 2.38. The average molecular weight is 347 g/mol. The first-order chi connectivity index (χ1) is 8.90. The van der Waals surface area contributed by atoms with Crippen molar-refractivity contribution in [1.82, 2.24) is 9.03 Å². The van der Waals surface area contributed by atoms with Gasteiger partial charge >= 0.3 is 0 Å². The Hall–Kier alpha value is -0.430. The molecule has 0 saturated heterocycles. The maximum absolute atomic E-state index is 12.0. The van der Waals surface area contributed by atoms with Crippen molar-refractivity contribution < 1.29 is 8.42 Å². The molecular formula is C13H19BrN2O2S. The number of nitrogens with one attached hydrogen (secondary N) is 1. The maximum Gasteiger partial charge on any atom is 0.279 e. The monoisotopic (exact) mass is 346 g/mol. The minimum Gasteiger partial charge on any atom is -0.195 e. The van der Waals surface area contributed by atoms with Crippen LogP contribution in [0.5, 0.6) is 0 Å². The second-order valence-electron chi connectivity index (χ2n) is 5.13.